The van der Waals surface area contributed by atoms with Crippen molar-refractivity contribution in [2.45, 2.75) is 117 Å². The average Bonchev–Trinajstić information content (AvgIpc) is 2.62. The Kier molecular flexibility index (Phi) is 12.5. The van der Waals surface area contributed by atoms with E-state index < -0.39 is 0 Å². The van der Waals surface area contributed by atoms with E-state index in [9.17, 15) is 0 Å². The minimum atomic E-state index is 1.04. The summed E-state index contributed by atoms with van der Waals surface area (Å²) >= 11 is 0. The predicted molar refractivity (Wildman–Crippen MR) is 114 cm³/mol. The van der Waals surface area contributed by atoms with Gasteiger partial charge in [0.15, 0.2) is 0 Å². The van der Waals surface area contributed by atoms with Crippen molar-refractivity contribution in [3.05, 3.63) is 28.8 Å². The van der Waals surface area contributed by atoms with Gasteiger partial charge in [0.1, 0.15) is 0 Å². The summed E-state index contributed by atoms with van der Waals surface area (Å²) in [5.41, 5.74) is 12.1. The van der Waals surface area contributed by atoms with Gasteiger partial charge in [-0.3, -0.25) is 0 Å². The lowest BCUT2D eigenvalue weighted by Gasteiger charge is -2.18. The first-order valence-corrected chi connectivity index (χ1v) is 11.1. The maximum atomic E-state index is 6.41. The molecule has 0 radical (unpaired) electrons. The van der Waals surface area contributed by atoms with E-state index in [-0.39, 0.29) is 0 Å². The molecule has 0 saturated carbocycles. The number of nitrogen functional groups attached to an aromatic ring is 1. The van der Waals surface area contributed by atoms with Crippen LogP contribution in [0.2, 0.25) is 0 Å². The summed E-state index contributed by atoms with van der Waals surface area (Å²) in [4.78, 5) is 0. The zero-order chi connectivity index (χ0) is 18.3. The van der Waals surface area contributed by atoms with Crippen LogP contribution in [0, 0.1) is 0 Å². The zero-order valence-electron chi connectivity index (χ0n) is 17.3. The van der Waals surface area contributed by atoms with E-state index >= 15 is 0 Å². The Morgan fingerprint density at radius 2 is 1.04 bits per heavy atom. The van der Waals surface area contributed by atoms with Crippen molar-refractivity contribution >= 4 is 5.69 Å². The Balaban J connectivity index is 2.80. The van der Waals surface area contributed by atoms with E-state index in [1.165, 1.54) is 102 Å². The molecule has 0 saturated heterocycles. The van der Waals surface area contributed by atoms with Gasteiger partial charge < -0.3 is 5.73 Å². The van der Waals surface area contributed by atoms with Crippen LogP contribution in [0.5, 0.6) is 0 Å². The normalized spacial score (nSPS) is 11.2. The number of nitrogens with two attached hydrogens (primary N) is 1. The number of anilines is 1. The van der Waals surface area contributed by atoms with Crippen molar-refractivity contribution in [1.82, 2.24) is 0 Å². The van der Waals surface area contributed by atoms with Crippen LogP contribution in [0.25, 0.3) is 0 Å². The third-order valence-electron chi connectivity index (χ3n) is 5.42. The zero-order valence-corrected chi connectivity index (χ0v) is 17.3. The summed E-state index contributed by atoms with van der Waals surface area (Å²) in [5, 5.41) is 0. The molecule has 1 rings (SSSR count). The van der Waals surface area contributed by atoms with Crippen LogP contribution in [-0.4, -0.2) is 0 Å². The number of benzene rings is 1. The summed E-state index contributed by atoms with van der Waals surface area (Å²) < 4.78 is 0. The van der Waals surface area contributed by atoms with Gasteiger partial charge in [-0.05, 0) is 61.3 Å². The van der Waals surface area contributed by atoms with Gasteiger partial charge >= 0.3 is 0 Å². The Labute approximate surface area is 157 Å². The van der Waals surface area contributed by atoms with Crippen LogP contribution in [0.4, 0.5) is 5.69 Å². The molecule has 0 unspecified atom stereocenters. The molecule has 0 aliphatic heterocycles. The van der Waals surface area contributed by atoms with Crippen LogP contribution >= 0.6 is 0 Å². The van der Waals surface area contributed by atoms with E-state index in [1.807, 2.05) is 0 Å². The van der Waals surface area contributed by atoms with Crippen molar-refractivity contribution in [1.29, 1.82) is 0 Å². The molecule has 1 heteroatoms. The van der Waals surface area contributed by atoms with Gasteiger partial charge in [0.25, 0.3) is 0 Å². The highest BCUT2D eigenvalue weighted by molar-refractivity contribution is 5.54. The minimum Gasteiger partial charge on any atom is -0.398 e. The molecule has 0 atom stereocenters. The van der Waals surface area contributed by atoms with Gasteiger partial charge in [-0.15, -0.1) is 0 Å². The molecule has 1 nitrogen and oxygen atoms in total. The van der Waals surface area contributed by atoms with Gasteiger partial charge in [-0.25, -0.2) is 0 Å². The summed E-state index contributed by atoms with van der Waals surface area (Å²) in [6, 6.07) is 4.51. The first kappa shape index (κ1) is 22.1. The third kappa shape index (κ3) is 8.79. The van der Waals surface area contributed by atoms with Crippen molar-refractivity contribution in [3.8, 4) is 0 Å². The van der Waals surface area contributed by atoms with Crippen LogP contribution in [0.15, 0.2) is 12.1 Å². The Bertz CT molecular complexity index is 450. The molecular weight excluding hydrogens is 302 g/mol. The van der Waals surface area contributed by atoms with Crippen molar-refractivity contribution in [3.63, 3.8) is 0 Å². The maximum Gasteiger partial charge on any atom is 0.0349 e. The third-order valence-corrected chi connectivity index (χ3v) is 5.42. The van der Waals surface area contributed by atoms with E-state index in [2.05, 4.69) is 32.9 Å². The largest absolute Gasteiger partial charge is 0.398 e. The van der Waals surface area contributed by atoms with Crippen LogP contribution in [-0.2, 0) is 19.3 Å². The Morgan fingerprint density at radius 1 is 0.560 bits per heavy atom. The lowest BCUT2D eigenvalue weighted by molar-refractivity contribution is 0.640. The highest BCUT2D eigenvalue weighted by Crippen LogP contribution is 2.27. The Hall–Kier alpha value is -0.980. The second-order valence-electron chi connectivity index (χ2n) is 7.70. The van der Waals surface area contributed by atoms with Crippen LogP contribution < -0.4 is 5.73 Å². The molecule has 0 bridgehead atoms. The lowest BCUT2D eigenvalue weighted by Crippen LogP contribution is -2.06. The molecule has 0 aliphatic rings. The van der Waals surface area contributed by atoms with Crippen molar-refractivity contribution < 1.29 is 0 Å². The quantitative estimate of drug-likeness (QED) is 0.256. The summed E-state index contributed by atoms with van der Waals surface area (Å²) in [6.45, 7) is 6.86. The van der Waals surface area contributed by atoms with E-state index in [1.54, 1.807) is 11.1 Å². The molecule has 1 aromatic carbocycles. The Morgan fingerprint density at radius 3 is 1.56 bits per heavy atom. The van der Waals surface area contributed by atoms with E-state index in [0.717, 1.165) is 5.69 Å². The SMILES string of the molecule is CCCCCCc1ccc(N)c(CCCCCC)c1CCCCCC. The molecule has 0 aliphatic carbocycles. The van der Waals surface area contributed by atoms with Gasteiger partial charge in [0, 0.05) is 5.69 Å². The van der Waals surface area contributed by atoms with Gasteiger partial charge in [-0.2, -0.15) is 0 Å². The second-order valence-corrected chi connectivity index (χ2v) is 7.70. The summed E-state index contributed by atoms with van der Waals surface area (Å²) in [5.74, 6) is 0. The number of unbranched alkanes of at least 4 members (excludes halogenated alkanes) is 9. The first-order valence-electron chi connectivity index (χ1n) is 11.1. The van der Waals surface area contributed by atoms with Gasteiger partial charge in [-0.1, -0.05) is 84.6 Å². The van der Waals surface area contributed by atoms with Gasteiger partial charge in [0.05, 0.1) is 0 Å². The number of aryl methyl sites for hydroxylation is 1. The molecule has 1 aromatic rings. The van der Waals surface area contributed by atoms with Crippen molar-refractivity contribution in [2.24, 2.45) is 0 Å². The van der Waals surface area contributed by atoms with Crippen LogP contribution in [0.1, 0.15) is 115 Å². The molecule has 2 N–H and O–H groups in total. The summed E-state index contributed by atoms with van der Waals surface area (Å²) in [6.07, 6.45) is 19.7. The molecule has 0 aromatic heterocycles. The lowest BCUT2D eigenvalue weighted by atomic mass is 9.89. The molecule has 0 fully saturated rings. The maximum absolute atomic E-state index is 6.41. The standard InChI is InChI=1S/C24H43N/c1-4-7-10-13-16-21-19-20-24(25)23(18-15-12-9-6-3)22(21)17-14-11-8-5-2/h19-20H,4-18,25H2,1-3H3. The number of rotatable bonds is 15. The van der Waals surface area contributed by atoms with E-state index in [0.29, 0.717) is 0 Å². The highest BCUT2D eigenvalue weighted by Gasteiger charge is 2.12. The molecule has 0 spiro atoms. The molecule has 144 valence electrons. The monoisotopic (exact) mass is 345 g/mol. The molecule has 0 amide bonds. The fraction of sp³-hybridized carbons (Fsp3) is 0.750. The van der Waals surface area contributed by atoms with Gasteiger partial charge in [0.2, 0.25) is 0 Å². The number of hydrogen-bond acceptors (Lipinski definition) is 1. The van der Waals surface area contributed by atoms with E-state index in [4.69, 9.17) is 5.73 Å². The molecular formula is C24H43N. The summed E-state index contributed by atoms with van der Waals surface area (Å²) in [7, 11) is 0. The smallest absolute Gasteiger partial charge is 0.0349 e. The first-order chi connectivity index (χ1) is 12.2. The molecule has 0 heterocycles. The minimum absolute atomic E-state index is 1.04. The fourth-order valence-corrected chi connectivity index (χ4v) is 3.80. The fourth-order valence-electron chi connectivity index (χ4n) is 3.80. The highest BCUT2D eigenvalue weighted by atomic mass is 14.6. The molecule has 25 heavy (non-hydrogen) atoms. The van der Waals surface area contributed by atoms with Crippen molar-refractivity contribution in [2.75, 3.05) is 5.73 Å². The average molecular weight is 346 g/mol. The predicted octanol–water partition coefficient (Wildman–Crippen LogP) is 7.64. The second kappa shape index (κ2) is 14.2. The topological polar surface area (TPSA) is 26.0 Å². The van der Waals surface area contributed by atoms with Crippen LogP contribution in [0.3, 0.4) is 0 Å². The number of hydrogen-bond donors (Lipinski definition) is 1.